The lowest BCUT2D eigenvalue weighted by Crippen LogP contribution is -2.29. The minimum Gasteiger partial charge on any atom is -0.489 e. The van der Waals surface area contributed by atoms with Crippen LogP contribution < -0.4 is 9.64 Å². The smallest absolute Gasteiger partial charge is 0.414 e. The van der Waals surface area contributed by atoms with Gasteiger partial charge in [0.2, 0.25) is 0 Å². The summed E-state index contributed by atoms with van der Waals surface area (Å²) in [6, 6.07) is 13.3. The van der Waals surface area contributed by atoms with Gasteiger partial charge in [-0.1, -0.05) is 37.9 Å². The molecular formula is C21H23Br2NO4. The number of benzene rings is 2. The van der Waals surface area contributed by atoms with Crippen LogP contribution in [-0.2, 0) is 16.1 Å². The van der Waals surface area contributed by atoms with Crippen LogP contribution in [0.3, 0.4) is 0 Å². The maximum atomic E-state index is 12.2. The Hall–Kier alpha value is -1.57. The third-order valence-electron chi connectivity index (χ3n) is 4.17. The van der Waals surface area contributed by atoms with Crippen molar-refractivity contribution in [3.63, 3.8) is 0 Å². The second kappa shape index (κ2) is 8.84. The third kappa shape index (κ3) is 5.49. The van der Waals surface area contributed by atoms with Crippen LogP contribution in [0.1, 0.15) is 26.3 Å². The van der Waals surface area contributed by atoms with Gasteiger partial charge in [-0.15, -0.1) is 0 Å². The zero-order valence-corrected chi connectivity index (χ0v) is 19.2. The van der Waals surface area contributed by atoms with Crippen LogP contribution >= 0.6 is 31.9 Å². The molecule has 0 spiro atoms. The molecule has 0 radical (unpaired) electrons. The Labute approximate surface area is 182 Å². The predicted octanol–water partition coefficient (Wildman–Crippen LogP) is 5.93. The second-order valence-corrected chi connectivity index (χ2v) is 9.23. The SMILES string of the molecule is CC(C)(C)OCC1CN(c2ccc(OCc3c(Br)cccc3Br)cc2)C(=O)O1. The van der Waals surface area contributed by atoms with Crippen molar-refractivity contribution in [2.24, 2.45) is 0 Å². The fraction of sp³-hybridized carbons (Fsp3) is 0.381. The number of hydrogen-bond acceptors (Lipinski definition) is 4. The third-order valence-corrected chi connectivity index (χ3v) is 5.66. The zero-order chi connectivity index (χ0) is 20.3. The summed E-state index contributed by atoms with van der Waals surface area (Å²) in [6.45, 7) is 7.22. The van der Waals surface area contributed by atoms with Gasteiger partial charge in [0, 0.05) is 20.2 Å². The van der Waals surface area contributed by atoms with E-state index >= 15 is 0 Å². The van der Waals surface area contributed by atoms with E-state index in [1.54, 1.807) is 4.90 Å². The summed E-state index contributed by atoms with van der Waals surface area (Å²) >= 11 is 7.07. The Morgan fingerprint density at radius 2 is 1.75 bits per heavy atom. The number of amides is 1. The van der Waals surface area contributed by atoms with Gasteiger partial charge in [-0.3, -0.25) is 4.90 Å². The highest BCUT2D eigenvalue weighted by Gasteiger charge is 2.33. The molecule has 0 saturated carbocycles. The van der Waals surface area contributed by atoms with Gasteiger partial charge in [-0.25, -0.2) is 4.79 Å². The van der Waals surface area contributed by atoms with E-state index in [9.17, 15) is 4.79 Å². The lowest BCUT2D eigenvalue weighted by molar-refractivity contribution is -0.0408. The first-order valence-corrected chi connectivity index (χ1v) is 10.6. The normalized spacial score (nSPS) is 17.0. The second-order valence-electron chi connectivity index (χ2n) is 7.52. The van der Waals surface area contributed by atoms with Crippen LogP contribution in [0.2, 0.25) is 0 Å². The van der Waals surface area contributed by atoms with Gasteiger partial charge >= 0.3 is 6.09 Å². The monoisotopic (exact) mass is 511 g/mol. The highest BCUT2D eigenvalue weighted by Crippen LogP contribution is 2.28. The highest BCUT2D eigenvalue weighted by atomic mass is 79.9. The maximum Gasteiger partial charge on any atom is 0.414 e. The largest absolute Gasteiger partial charge is 0.489 e. The number of rotatable bonds is 6. The minimum atomic E-state index is -0.353. The van der Waals surface area contributed by atoms with Gasteiger partial charge in [-0.05, 0) is 57.2 Å². The number of nitrogens with zero attached hydrogens (tertiary/aromatic N) is 1. The van der Waals surface area contributed by atoms with E-state index in [1.165, 1.54) is 0 Å². The van der Waals surface area contributed by atoms with Crippen molar-refractivity contribution in [2.75, 3.05) is 18.1 Å². The molecule has 150 valence electrons. The average molecular weight is 513 g/mol. The molecule has 7 heteroatoms. The Balaban J connectivity index is 1.59. The Morgan fingerprint density at radius 3 is 2.36 bits per heavy atom. The predicted molar refractivity (Wildman–Crippen MR) is 116 cm³/mol. The van der Waals surface area contributed by atoms with Crippen LogP contribution in [0.5, 0.6) is 5.75 Å². The molecule has 2 aromatic carbocycles. The van der Waals surface area contributed by atoms with Gasteiger partial charge < -0.3 is 14.2 Å². The van der Waals surface area contributed by atoms with E-state index < -0.39 is 0 Å². The molecule has 1 heterocycles. The summed E-state index contributed by atoms with van der Waals surface area (Å²) in [5.41, 5.74) is 1.55. The maximum absolute atomic E-state index is 12.2. The summed E-state index contributed by atoms with van der Waals surface area (Å²) in [5, 5.41) is 0. The number of halogens is 2. The molecule has 2 aromatic rings. The average Bonchev–Trinajstić information content (AvgIpc) is 3.00. The lowest BCUT2D eigenvalue weighted by Gasteiger charge is -2.21. The van der Waals surface area contributed by atoms with Crippen LogP contribution in [0, 0.1) is 0 Å². The van der Waals surface area contributed by atoms with Crippen molar-refractivity contribution in [1.29, 1.82) is 0 Å². The molecule has 1 saturated heterocycles. The van der Waals surface area contributed by atoms with Crippen LogP contribution in [0.15, 0.2) is 51.4 Å². The Kier molecular flexibility index (Phi) is 6.68. The van der Waals surface area contributed by atoms with Crippen molar-refractivity contribution >= 4 is 43.6 Å². The summed E-state index contributed by atoms with van der Waals surface area (Å²) in [7, 11) is 0. The molecule has 1 unspecified atom stereocenters. The quantitative estimate of drug-likeness (QED) is 0.481. The van der Waals surface area contributed by atoms with Crippen molar-refractivity contribution in [1.82, 2.24) is 0 Å². The fourth-order valence-electron chi connectivity index (χ4n) is 2.71. The molecule has 1 amide bonds. The molecule has 1 atom stereocenters. The van der Waals surface area contributed by atoms with Crippen molar-refractivity contribution in [3.05, 3.63) is 57.0 Å². The number of hydrogen-bond donors (Lipinski definition) is 0. The first-order chi connectivity index (χ1) is 13.2. The van der Waals surface area contributed by atoms with Gasteiger partial charge in [0.1, 0.15) is 18.5 Å². The van der Waals surface area contributed by atoms with E-state index in [2.05, 4.69) is 31.9 Å². The first kappa shape index (κ1) is 21.1. The van der Waals surface area contributed by atoms with Gasteiger partial charge in [0.15, 0.2) is 0 Å². The fourth-order valence-corrected chi connectivity index (χ4v) is 3.94. The number of carbonyl (C=O) groups is 1. The van der Waals surface area contributed by atoms with E-state index in [1.807, 2.05) is 63.2 Å². The van der Waals surface area contributed by atoms with Crippen molar-refractivity contribution in [2.45, 2.75) is 39.1 Å². The number of ether oxygens (including phenoxy) is 3. The number of cyclic esters (lactones) is 1. The van der Waals surface area contributed by atoms with Gasteiger partial charge in [0.25, 0.3) is 0 Å². The summed E-state index contributed by atoms with van der Waals surface area (Å²) in [6.07, 6.45) is -0.622. The highest BCUT2D eigenvalue weighted by molar-refractivity contribution is 9.11. The van der Waals surface area contributed by atoms with Crippen LogP contribution in [-0.4, -0.2) is 30.9 Å². The minimum absolute atomic E-state index is 0.262. The molecule has 1 aliphatic rings. The molecule has 1 aliphatic heterocycles. The summed E-state index contributed by atoms with van der Waals surface area (Å²) < 4.78 is 19.0. The molecule has 0 aromatic heterocycles. The zero-order valence-electron chi connectivity index (χ0n) is 16.1. The van der Waals surface area contributed by atoms with Gasteiger partial charge in [-0.2, -0.15) is 0 Å². The van der Waals surface area contributed by atoms with Crippen LogP contribution in [0.4, 0.5) is 10.5 Å². The Bertz CT molecular complexity index is 813. The summed E-state index contributed by atoms with van der Waals surface area (Å²) in [5.74, 6) is 0.728. The molecular weight excluding hydrogens is 490 g/mol. The molecule has 1 fully saturated rings. The molecule has 28 heavy (non-hydrogen) atoms. The standard InChI is InChI=1S/C21H23Br2NO4/c1-21(2,3)27-12-16-11-24(20(25)28-16)14-7-9-15(10-8-14)26-13-17-18(22)5-4-6-19(17)23/h4-10,16H,11-13H2,1-3H3. The van der Waals surface area contributed by atoms with Crippen molar-refractivity contribution < 1.29 is 19.0 Å². The molecule has 3 rings (SSSR count). The van der Waals surface area contributed by atoms with E-state index in [4.69, 9.17) is 14.2 Å². The van der Waals surface area contributed by atoms with Crippen molar-refractivity contribution in [3.8, 4) is 5.75 Å². The van der Waals surface area contributed by atoms with E-state index in [-0.39, 0.29) is 17.8 Å². The summed E-state index contributed by atoms with van der Waals surface area (Å²) in [4.78, 5) is 13.8. The number of anilines is 1. The molecule has 0 bridgehead atoms. The van der Waals surface area contributed by atoms with E-state index in [0.717, 1.165) is 25.9 Å². The number of carbonyl (C=O) groups excluding carboxylic acids is 1. The Morgan fingerprint density at radius 1 is 1.11 bits per heavy atom. The van der Waals surface area contributed by atoms with Gasteiger partial charge in [0.05, 0.1) is 18.8 Å². The lowest BCUT2D eigenvalue weighted by atomic mass is 10.2. The molecule has 5 nitrogen and oxygen atoms in total. The van der Waals surface area contributed by atoms with Crippen LogP contribution in [0.25, 0.3) is 0 Å². The molecule has 0 aliphatic carbocycles. The molecule has 0 N–H and O–H groups in total. The first-order valence-electron chi connectivity index (χ1n) is 9.01. The van der Waals surface area contributed by atoms with E-state index in [0.29, 0.717) is 19.8 Å². The topological polar surface area (TPSA) is 48.0 Å².